The third-order valence-electron chi connectivity index (χ3n) is 6.39. The van der Waals surface area contributed by atoms with Crippen LogP contribution < -0.4 is 0 Å². The number of carbonyl (C=O) groups excluding carboxylic acids is 1. The summed E-state index contributed by atoms with van der Waals surface area (Å²) in [5.41, 5.74) is 2.57. The largest absolute Gasteiger partial charge is 0.342 e. The molecule has 0 bridgehead atoms. The molecule has 142 valence electrons. The van der Waals surface area contributed by atoms with Gasteiger partial charge in [-0.05, 0) is 62.4 Å². The summed E-state index contributed by atoms with van der Waals surface area (Å²) in [5, 5.41) is 0. The van der Waals surface area contributed by atoms with Crippen molar-refractivity contribution in [2.75, 3.05) is 26.2 Å². The van der Waals surface area contributed by atoms with Crippen molar-refractivity contribution < 1.29 is 4.79 Å². The van der Waals surface area contributed by atoms with E-state index in [-0.39, 0.29) is 11.3 Å². The topological polar surface area (TPSA) is 36.4 Å². The second-order valence-corrected chi connectivity index (χ2v) is 8.12. The minimum atomic E-state index is 0.0160. The van der Waals surface area contributed by atoms with Crippen molar-refractivity contribution >= 4 is 5.91 Å². The molecule has 0 unspecified atom stereocenters. The number of likely N-dealkylation sites (tertiary alicyclic amines) is 2. The van der Waals surface area contributed by atoms with Gasteiger partial charge in [-0.25, -0.2) is 0 Å². The molecule has 4 nitrogen and oxygen atoms in total. The van der Waals surface area contributed by atoms with Gasteiger partial charge in [0.05, 0.1) is 11.6 Å². The molecule has 1 aromatic heterocycles. The van der Waals surface area contributed by atoms with E-state index >= 15 is 0 Å². The van der Waals surface area contributed by atoms with E-state index in [4.69, 9.17) is 0 Å². The number of hydrogen-bond donors (Lipinski definition) is 0. The monoisotopic (exact) mass is 363 g/mol. The van der Waals surface area contributed by atoms with Crippen molar-refractivity contribution in [3.8, 4) is 0 Å². The van der Waals surface area contributed by atoms with Gasteiger partial charge in [-0.15, -0.1) is 0 Å². The zero-order valence-electron chi connectivity index (χ0n) is 16.2. The van der Waals surface area contributed by atoms with Gasteiger partial charge >= 0.3 is 0 Å². The predicted molar refractivity (Wildman–Crippen MR) is 107 cm³/mol. The number of hydrogen-bond acceptors (Lipinski definition) is 3. The molecule has 2 aromatic rings. The zero-order chi connectivity index (χ0) is 18.7. The summed E-state index contributed by atoms with van der Waals surface area (Å²) < 4.78 is 0. The molecule has 3 heterocycles. The first-order chi connectivity index (χ1) is 13.2. The molecule has 4 heteroatoms. The highest BCUT2D eigenvalue weighted by atomic mass is 16.2. The molecule has 1 spiro atoms. The number of likely N-dealkylation sites (N-methyl/N-ethyl adjacent to an activating group) is 1. The molecule has 0 radical (unpaired) electrons. The van der Waals surface area contributed by atoms with E-state index in [1.54, 1.807) is 0 Å². The Kier molecular flexibility index (Phi) is 5.26. The van der Waals surface area contributed by atoms with Gasteiger partial charge in [0.1, 0.15) is 0 Å². The SMILES string of the molecule is CCN1CC2(CCN(Cc3ccccn3)CC2)C[C@H](c2ccccc2)C1=O. The molecule has 1 aromatic carbocycles. The second kappa shape index (κ2) is 7.81. The lowest BCUT2D eigenvalue weighted by Gasteiger charge is -2.49. The lowest BCUT2D eigenvalue weighted by molar-refractivity contribution is -0.141. The second-order valence-electron chi connectivity index (χ2n) is 8.12. The number of rotatable bonds is 4. The molecular weight excluding hydrogens is 334 g/mol. The Hall–Kier alpha value is -2.20. The van der Waals surface area contributed by atoms with E-state index in [9.17, 15) is 4.79 Å². The van der Waals surface area contributed by atoms with Crippen LogP contribution in [0.15, 0.2) is 54.7 Å². The lowest BCUT2D eigenvalue weighted by atomic mass is 9.67. The van der Waals surface area contributed by atoms with Gasteiger partial charge in [-0.1, -0.05) is 36.4 Å². The molecule has 4 rings (SSSR count). The van der Waals surface area contributed by atoms with Crippen LogP contribution in [0.4, 0.5) is 0 Å². The Labute approximate surface area is 162 Å². The van der Waals surface area contributed by atoms with Gasteiger partial charge < -0.3 is 4.90 Å². The van der Waals surface area contributed by atoms with Crippen LogP contribution in [0.2, 0.25) is 0 Å². The van der Waals surface area contributed by atoms with Crippen LogP contribution in [-0.4, -0.2) is 46.9 Å². The number of nitrogens with zero attached hydrogens (tertiary/aromatic N) is 3. The average molecular weight is 364 g/mol. The number of amides is 1. The molecule has 2 aliphatic rings. The van der Waals surface area contributed by atoms with Crippen molar-refractivity contribution in [3.63, 3.8) is 0 Å². The van der Waals surface area contributed by atoms with Crippen LogP contribution >= 0.6 is 0 Å². The van der Waals surface area contributed by atoms with Crippen LogP contribution in [0.25, 0.3) is 0 Å². The fourth-order valence-corrected chi connectivity index (χ4v) is 4.77. The Morgan fingerprint density at radius 3 is 2.48 bits per heavy atom. The van der Waals surface area contributed by atoms with Crippen LogP contribution in [0.1, 0.15) is 43.4 Å². The number of aromatic nitrogens is 1. The van der Waals surface area contributed by atoms with Crippen LogP contribution in [-0.2, 0) is 11.3 Å². The molecule has 0 N–H and O–H groups in total. The minimum Gasteiger partial charge on any atom is -0.342 e. The molecular formula is C23H29N3O. The minimum absolute atomic E-state index is 0.0160. The molecule has 1 amide bonds. The van der Waals surface area contributed by atoms with Crippen molar-refractivity contribution in [2.45, 2.75) is 38.6 Å². The van der Waals surface area contributed by atoms with Gasteiger partial charge in [0.25, 0.3) is 0 Å². The van der Waals surface area contributed by atoms with Crippen molar-refractivity contribution in [2.24, 2.45) is 5.41 Å². The average Bonchev–Trinajstić information content (AvgIpc) is 2.73. The predicted octanol–water partition coefficient (Wildman–Crippen LogP) is 3.70. The molecule has 2 aliphatic heterocycles. The van der Waals surface area contributed by atoms with Gasteiger partial charge in [0.2, 0.25) is 5.91 Å². The fraction of sp³-hybridized carbons (Fsp3) is 0.478. The number of carbonyl (C=O) groups is 1. The molecule has 0 saturated carbocycles. The van der Waals surface area contributed by atoms with Crippen LogP contribution in [0.3, 0.4) is 0 Å². The first-order valence-corrected chi connectivity index (χ1v) is 10.2. The van der Waals surface area contributed by atoms with Crippen molar-refractivity contribution in [3.05, 3.63) is 66.0 Å². The van der Waals surface area contributed by atoms with E-state index in [2.05, 4.69) is 58.1 Å². The quantitative estimate of drug-likeness (QED) is 0.831. The summed E-state index contributed by atoms with van der Waals surface area (Å²) in [5.74, 6) is 0.326. The molecule has 2 fully saturated rings. The first kappa shape index (κ1) is 18.2. The zero-order valence-corrected chi connectivity index (χ0v) is 16.2. The maximum absolute atomic E-state index is 13.0. The number of benzene rings is 1. The normalized spacial score (nSPS) is 22.9. The maximum atomic E-state index is 13.0. The van der Waals surface area contributed by atoms with Crippen LogP contribution in [0, 0.1) is 5.41 Å². The van der Waals surface area contributed by atoms with Crippen LogP contribution in [0.5, 0.6) is 0 Å². The standard InChI is InChI=1S/C23H29N3O/c1-2-26-18-23(16-21(22(26)27)19-8-4-3-5-9-19)11-14-25(15-12-23)17-20-10-6-7-13-24-20/h3-10,13,21H,2,11-12,14-18H2,1H3/t21-/m1/s1. The summed E-state index contributed by atoms with van der Waals surface area (Å²) in [4.78, 5) is 22.1. The van der Waals surface area contributed by atoms with E-state index in [0.717, 1.165) is 57.7 Å². The van der Waals surface area contributed by atoms with Gasteiger partial charge in [-0.3, -0.25) is 14.7 Å². The number of pyridine rings is 1. The summed E-state index contributed by atoms with van der Waals surface area (Å²) in [6.07, 6.45) is 5.18. The Morgan fingerprint density at radius 1 is 1.07 bits per heavy atom. The molecule has 2 saturated heterocycles. The van der Waals surface area contributed by atoms with E-state index in [1.807, 2.05) is 18.3 Å². The van der Waals surface area contributed by atoms with Crippen molar-refractivity contribution in [1.29, 1.82) is 0 Å². The smallest absolute Gasteiger partial charge is 0.230 e. The van der Waals surface area contributed by atoms with E-state index in [1.165, 1.54) is 5.56 Å². The van der Waals surface area contributed by atoms with E-state index in [0.29, 0.717) is 5.91 Å². The third-order valence-corrected chi connectivity index (χ3v) is 6.39. The number of piperidine rings is 2. The van der Waals surface area contributed by atoms with E-state index < -0.39 is 0 Å². The molecule has 0 aliphatic carbocycles. The van der Waals surface area contributed by atoms with Gasteiger partial charge in [-0.2, -0.15) is 0 Å². The first-order valence-electron chi connectivity index (χ1n) is 10.2. The Morgan fingerprint density at radius 2 is 1.81 bits per heavy atom. The summed E-state index contributed by atoms with van der Waals surface area (Å²) in [7, 11) is 0. The summed E-state index contributed by atoms with van der Waals surface area (Å²) in [6, 6.07) is 16.5. The molecule has 27 heavy (non-hydrogen) atoms. The van der Waals surface area contributed by atoms with Gasteiger partial charge in [0.15, 0.2) is 0 Å². The highest BCUT2D eigenvalue weighted by Crippen LogP contribution is 2.45. The summed E-state index contributed by atoms with van der Waals surface area (Å²) >= 11 is 0. The highest BCUT2D eigenvalue weighted by molar-refractivity contribution is 5.84. The Bertz CT molecular complexity index is 754. The Balaban J connectivity index is 1.47. The lowest BCUT2D eigenvalue weighted by Crippen LogP contribution is -2.53. The van der Waals surface area contributed by atoms with Crippen molar-refractivity contribution in [1.82, 2.24) is 14.8 Å². The maximum Gasteiger partial charge on any atom is 0.230 e. The summed E-state index contributed by atoms with van der Waals surface area (Å²) in [6.45, 7) is 6.93. The third kappa shape index (κ3) is 3.91. The van der Waals surface area contributed by atoms with Gasteiger partial charge in [0, 0.05) is 25.8 Å². The fourth-order valence-electron chi connectivity index (χ4n) is 4.77. The highest BCUT2D eigenvalue weighted by Gasteiger charge is 2.45. The molecule has 1 atom stereocenters.